The molecule has 0 radical (unpaired) electrons. The van der Waals surface area contributed by atoms with Crippen LogP contribution >= 0.6 is 0 Å². The molecule has 132 valence electrons. The summed E-state index contributed by atoms with van der Waals surface area (Å²) in [6, 6.07) is 15.9. The summed E-state index contributed by atoms with van der Waals surface area (Å²) < 4.78 is 26.2. The monoisotopic (exact) mass is 367 g/mol. The number of hydrogen-bond donors (Lipinski definition) is 1. The van der Waals surface area contributed by atoms with E-state index in [1.54, 1.807) is 35.2 Å². The summed E-state index contributed by atoms with van der Waals surface area (Å²) >= 11 is 0. The van der Waals surface area contributed by atoms with Gasteiger partial charge in [-0.15, -0.1) is 0 Å². The van der Waals surface area contributed by atoms with Gasteiger partial charge in [-0.1, -0.05) is 36.4 Å². The van der Waals surface area contributed by atoms with Crippen LogP contribution in [0.25, 0.3) is 5.69 Å². The molecular formula is C19H17N3O3S. The number of aromatic nitrogens is 2. The first kappa shape index (κ1) is 16.5. The molecule has 1 N–H and O–H groups in total. The van der Waals surface area contributed by atoms with E-state index >= 15 is 0 Å². The zero-order valence-electron chi connectivity index (χ0n) is 13.9. The molecule has 0 saturated carbocycles. The minimum Gasteiger partial charge on any atom is -0.344 e. The van der Waals surface area contributed by atoms with Gasteiger partial charge in [-0.05, 0) is 30.2 Å². The van der Waals surface area contributed by atoms with Crippen molar-refractivity contribution < 1.29 is 13.2 Å². The van der Waals surface area contributed by atoms with Gasteiger partial charge in [0.15, 0.2) is 9.84 Å². The average molecular weight is 367 g/mol. The van der Waals surface area contributed by atoms with E-state index in [4.69, 9.17) is 0 Å². The van der Waals surface area contributed by atoms with Crippen molar-refractivity contribution in [2.75, 3.05) is 5.75 Å². The normalized spacial score (nSPS) is 18.1. The van der Waals surface area contributed by atoms with E-state index in [0.29, 0.717) is 22.6 Å². The van der Waals surface area contributed by atoms with Gasteiger partial charge in [0.05, 0.1) is 29.2 Å². The SMILES string of the molecule is O=C(NC1CCS(=O)(=O)c2ccccc21)c1cncn1-c1ccccc1. The molecule has 0 saturated heterocycles. The fourth-order valence-corrected chi connectivity index (χ4v) is 4.85. The first-order valence-electron chi connectivity index (χ1n) is 8.26. The van der Waals surface area contributed by atoms with Crippen molar-refractivity contribution in [2.24, 2.45) is 0 Å². The number of nitrogens with one attached hydrogen (secondary N) is 1. The Bertz CT molecular complexity index is 1060. The number of para-hydroxylation sites is 1. The summed E-state index contributed by atoms with van der Waals surface area (Å²) in [6.07, 6.45) is 3.45. The van der Waals surface area contributed by atoms with E-state index < -0.39 is 9.84 Å². The number of carbonyl (C=O) groups is 1. The van der Waals surface area contributed by atoms with Crippen molar-refractivity contribution in [3.05, 3.63) is 78.4 Å². The van der Waals surface area contributed by atoms with Gasteiger partial charge >= 0.3 is 0 Å². The minimum atomic E-state index is -3.28. The number of imidazole rings is 1. The summed E-state index contributed by atoms with van der Waals surface area (Å²) in [5.74, 6) is -0.266. The lowest BCUT2D eigenvalue weighted by Crippen LogP contribution is -2.34. The molecule has 26 heavy (non-hydrogen) atoms. The fourth-order valence-electron chi connectivity index (χ4n) is 3.23. The van der Waals surface area contributed by atoms with Gasteiger partial charge in [0, 0.05) is 5.69 Å². The van der Waals surface area contributed by atoms with Crippen LogP contribution in [-0.4, -0.2) is 29.6 Å². The van der Waals surface area contributed by atoms with E-state index in [9.17, 15) is 13.2 Å². The van der Waals surface area contributed by atoms with Crippen molar-refractivity contribution >= 4 is 15.7 Å². The lowest BCUT2D eigenvalue weighted by Gasteiger charge is -2.26. The van der Waals surface area contributed by atoms with E-state index in [0.717, 1.165) is 5.69 Å². The molecule has 2 aromatic carbocycles. The van der Waals surface area contributed by atoms with Crippen LogP contribution in [0.15, 0.2) is 72.0 Å². The average Bonchev–Trinajstić information content (AvgIpc) is 3.15. The molecular weight excluding hydrogens is 350 g/mol. The molecule has 0 fully saturated rings. The number of fused-ring (bicyclic) bond motifs is 1. The van der Waals surface area contributed by atoms with Gasteiger partial charge in [-0.25, -0.2) is 13.4 Å². The molecule has 1 unspecified atom stereocenters. The van der Waals surface area contributed by atoms with Gasteiger partial charge in [-0.2, -0.15) is 0 Å². The van der Waals surface area contributed by atoms with E-state index in [2.05, 4.69) is 10.3 Å². The molecule has 6 nitrogen and oxygen atoms in total. The predicted molar refractivity (Wildman–Crippen MR) is 96.9 cm³/mol. The summed E-state index contributed by atoms with van der Waals surface area (Å²) in [4.78, 5) is 17.2. The van der Waals surface area contributed by atoms with Gasteiger partial charge in [0.25, 0.3) is 5.91 Å². The topological polar surface area (TPSA) is 81.1 Å². The molecule has 2 heterocycles. The maximum absolute atomic E-state index is 12.8. The Morgan fingerprint density at radius 1 is 1.08 bits per heavy atom. The summed E-state index contributed by atoms with van der Waals surface area (Å²) in [5.41, 5.74) is 1.88. The summed E-state index contributed by atoms with van der Waals surface area (Å²) in [5, 5.41) is 2.96. The first-order valence-corrected chi connectivity index (χ1v) is 9.92. The number of benzene rings is 2. The lowest BCUT2D eigenvalue weighted by molar-refractivity contribution is 0.0927. The Kier molecular flexibility index (Phi) is 4.08. The Labute approximate surface area is 151 Å². The largest absolute Gasteiger partial charge is 0.344 e. The fraction of sp³-hybridized carbons (Fsp3) is 0.158. The van der Waals surface area contributed by atoms with Crippen LogP contribution in [-0.2, 0) is 9.84 Å². The molecule has 1 aliphatic heterocycles. The highest BCUT2D eigenvalue weighted by Gasteiger charge is 2.31. The van der Waals surface area contributed by atoms with Crippen molar-refractivity contribution in [1.82, 2.24) is 14.9 Å². The van der Waals surface area contributed by atoms with E-state index in [1.807, 2.05) is 30.3 Å². The van der Waals surface area contributed by atoms with Crippen LogP contribution in [0.4, 0.5) is 0 Å². The number of hydrogen-bond acceptors (Lipinski definition) is 4. The second-order valence-electron chi connectivity index (χ2n) is 6.16. The lowest BCUT2D eigenvalue weighted by atomic mass is 10.0. The maximum atomic E-state index is 12.8. The van der Waals surface area contributed by atoms with Gasteiger partial charge in [0.1, 0.15) is 5.69 Å². The molecule has 1 atom stereocenters. The van der Waals surface area contributed by atoms with E-state index in [-0.39, 0.29) is 17.7 Å². The number of amides is 1. The van der Waals surface area contributed by atoms with Crippen LogP contribution in [0, 0.1) is 0 Å². The van der Waals surface area contributed by atoms with Crippen LogP contribution in [0.5, 0.6) is 0 Å². The number of carbonyl (C=O) groups excluding carboxylic acids is 1. The number of sulfone groups is 1. The zero-order chi connectivity index (χ0) is 18.1. The second-order valence-corrected chi connectivity index (χ2v) is 8.23. The third kappa shape index (κ3) is 2.90. The minimum absolute atomic E-state index is 0.0207. The van der Waals surface area contributed by atoms with Crippen LogP contribution in [0.3, 0.4) is 0 Å². The molecule has 0 spiro atoms. The highest BCUT2D eigenvalue weighted by Crippen LogP contribution is 2.32. The smallest absolute Gasteiger partial charge is 0.270 e. The van der Waals surface area contributed by atoms with Crippen molar-refractivity contribution in [1.29, 1.82) is 0 Å². The molecule has 0 bridgehead atoms. The number of rotatable bonds is 3. The quantitative estimate of drug-likeness (QED) is 0.771. The summed E-state index contributed by atoms with van der Waals surface area (Å²) in [7, 11) is -3.28. The highest BCUT2D eigenvalue weighted by atomic mass is 32.2. The Hall–Kier alpha value is -2.93. The highest BCUT2D eigenvalue weighted by molar-refractivity contribution is 7.91. The summed E-state index contributed by atoms with van der Waals surface area (Å²) in [6.45, 7) is 0. The van der Waals surface area contributed by atoms with Crippen LogP contribution < -0.4 is 5.32 Å². The molecule has 0 aliphatic carbocycles. The molecule has 1 amide bonds. The number of nitrogens with zero attached hydrogens (tertiary/aromatic N) is 2. The maximum Gasteiger partial charge on any atom is 0.270 e. The van der Waals surface area contributed by atoms with Gasteiger partial charge in [-0.3, -0.25) is 9.36 Å². The third-order valence-corrected chi connectivity index (χ3v) is 6.33. The van der Waals surface area contributed by atoms with Gasteiger partial charge in [0.2, 0.25) is 0 Å². The molecule has 3 aromatic rings. The third-order valence-electron chi connectivity index (χ3n) is 4.52. The Morgan fingerprint density at radius 3 is 2.62 bits per heavy atom. The standard InChI is InChI=1S/C19H17N3O3S/c23-19(17-12-20-13-22(17)14-6-2-1-3-7-14)21-16-10-11-26(24,25)18-9-5-4-8-15(16)18/h1-9,12-13,16H,10-11H2,(H,21,23). The molecule has 4 rings (SSSR count). The molecule has 1 aliphatic rings. The Morgan fingerprint density at radius 2 is 1.81 bits per heavy atom. The Balaban J connectivity index is 1.64. The first-order chi connectivity index (χ1) is 12.6. The predicted octanol–water partition coefficient (Wildman–Crippen LogP) is 2.52. The molecule has 1 aromatic heterocycles. The van der Waals surface area contributed by atoms with Gasteiger partial charge < -0.3 is 5.32 Å². The van der Waals surface area contributed by atoms with Crippen molar-refractivity contribution in [3.63, 3.8) is 0 Å². The molecule has 7 heteroatoms. The van der Waals surface area contributed by atoms with Crippen molar-refractivity contribution in [2.45, 2.75) is 17.4 Å². The zero-order valence-corrected chi connectivity index (χ0v) is 14.7. The van der Waals surface area contributed by atoms with E-state index in [1.165, 1.54) is 6.20 Å². The van der Waals surface area contributed by atoms with Crippen LogP contribution in [0.1, 0.15) is 28.5 Å². The van der Waals surface area contributed by atoms with Crippen molar-refractivity contribution in [3.8, 4) is 5.69 Å². The van der Waals surface area contributed by atoms with Crippen LogP contribution in [0.2, 0.25) is 0 Å². The second kappa shape index (κ2) is 6.42.